The standard InChI is InChI=1S/C9H10O3.C2H6/c1-6-3-4-8(12-2)7(5-6)9(10)11;1-2/h3-5H,1-2H3,(H,10,11);1-2H3. The van der Waals surface area contributed by atoms with Crippen LogP contribution in [-0.2, 0) is 0 Å². The maximum absolute atomic E-state index is 10.7. The van der Waals surface area contributed by atoms with Crippen LogP contribution < -0.4 is 4.74 Å². The SMILES string of the molecule is CC.COc1ccc(C)cc1C(=O)O. The molecule has 0 aliphatic rings. The Balaban J connectivity index is 0.000000791. The first-order valence-corrected chi connectivity index (χ1v) is 4.53. The molecule has 0 bridgehead atoms. The number of benzene rings is 1. The summed E-state index contributed by atoms with van der Waals surface area (Å²) in [4.78, 5) is 10.7. The summed E-state index contributed by atoms with van der Waals surface area (Å²) in [5, 5.41) is 8.74. The minimum Gasteiger partial charge on any atom is -0.496 e. The van der Waals surface area contributed by atoms with Gasteiger partial charge in [0, 0.05) is 0 Å². The van der Waals surface area contributed by atoms with E-state index in [0.29, 0.717) is 5.75 Å². The molecule has 0 saturated heterocycles. The third kappa shape index (κ3) is 3.09. The van der Waals surface area contributed by atoms with Gasteiger partial charge in [0.15, 0.2) is 0 Å². The number of carboxylic acid groups (broad SMARTS) is 1. The molecule has 0 aliphatic carbocycles. The van der Waals surface area contributed by atoms with Crippen LogP contribution in [0.2, 0.25) is 0 Å². The van der Waals surface area contributed by atoms with E-state index in [1.807, 2.05) is 26.8 Å². The molecule has 1 aromatic carbocycles. The van der Waals surface area contributed by atoms with E-state index in [-0.39, 0.29) is 5.56 Å². The number of ether oxygens (including phenoxy) is 1. The Labute approximate surface area is 84.3 Å². The molecule has 78 valence electrons. The second-order valence-electron chi connectivity index (χ2n) is 2.51. The molecule has 1 aromatic rings. The van der Waals surface area contributed by atoms with E-state index in [1.165, 1.54) is 7.11 Å². The van der Waals surface area contributed by atoms with Crippen LogP contribution >= 0.6 is 0 Å². The van der Waals surface area contributed by atoms with Crippen LogP contribution in [0.1, 0.15) is 29.8 Å². The van der Waals surface area contributed by atoms with Crippen molar-refractivity contribution in [3.05, 3.63) is 29.3 Å². The number of aryl methyl sites for hydroxylation is 1. The summed E-state index contributed by atoms with van der Waals surface area (Å²) in [5.74, 6) is -0.566. The van der Waals surface area contributed by atoms with Gasteiger partial charge in [0.2, 0.25) is 0 Å². The Kier molecular flexibility index (Phi) is 5.37. The van der Waals surface area contributed by atoms with Crippen LogP contribution in [0, 0.1) is 6.92 Å². The Morgan fingerprint density at radius 3 is 2.36 bits per heavy atom. The van der Waals surface area contributed by atoms with Gasteiger partial charge in [-0.05, 0) is 19.1 Å². The van der Waals surface area contributed by atoms with Crippen LogP contribution in [0.5, 0.6) is 5.75 Å². The lowest BCUT2D eigenvalue weighted by Gasteiger charge is -2.04. The third-order valence-electron chi connectivity index (χ3n) is 1.59. The number of hydrogen-bond donors (Lipinski definition) is 1. The van der Waals surface area contributed by atoms with Crippen LogP contribution in [0.25, 0.3) is 0 Å². The third-order valence-corrected chi connectivity index (χ3v) is 1.59. The highest BCUT2D eigenvalue weighted by molar-refractivity contribution is 5.91. The Morgan fingerprint density at radius 1 is 1.36 bits per heavy atom. The van der Waals surface area contributed by atoms with Crippen molar-refractivity contribution in [2.24, 2.45) is 0 Å². The molecular formula is C11H16O3. The Morgan fingerprint density at radius 2 is 1.93 bits per heavy atom. The summed E-state index contributed by atoms with van der Waals surface area (Å²) >= 11 is 0. The minimum atomic E-state index is -0.962. The lowest BCUT2D eigenvalue weighted by Crippen LogP contribution is -2.00. The topological polar surface area (TPSA) is 46.5 Å². The van der Waals surface area contributed by atoms with Crippen molar-refractivity contribution in [3.63, 3.8) is 0 Å². The zero-order valence-corrected chi connectivity index (χ0v) is 9.00. The maximum Gasteiger partial charge on any atom is 0.339 e. The van der Waals surface area contributed by atoms with Crippen LogP contribution in [0.4, 0.5) is 0 Å². The smallest absolute Gasteiger partial charge is 0.339 e. The highest BCUT2D eigenvalue weighted by atomic mass is 16.5. The second-order valence-corrected chi connectivity index (χ2v) is 2.51. The van der Waals surface area contributed by atoms with E-state index in [1.54, 1.807) is 12.1 Å². The number of methoxy groups -OCH3 is 1. The monoisotopic (exact) mass is 196 g/mol. The maximum atomic E-state index is 10.7. The number of aromatic carboxylic acids is 1. The molecule has 3 nitrogen and oxygen atoms in total. The van der Waals surface area contributed by atoms with Gasteiger partial charge in [0.25, 0.3) is 0 Å². The normalized spacial score (nSPS) is 8.57. The van der Waals surface area contributed by atoms with Gasteiger partial charge in [-0.15, -0.1) is 0 Å². The molecule has 0 heterocycles. The molecule has 0 spiro atoms. The van der Waals surface area contributed by atoms with Gasteiger partial charge in [-0.1, -0.05) is 25.5 Å². The molecule has 0 radical (unpaired) electrons. The van der Waals surface area contributed by atoms with Gasteiger partial charge in [0.1, 0.15) is 11.3 Å². The predicted molar refractivity (Wildman–Crippen MR) is 56.0 cm³/mol. The quantitative estimate of drug-likeness (QED) is 0.791. The zero-order chi connectivity index (χ0) is 11.1. The molecule has 0 fully saturated rings. The molecule has 1 rings (SSSR count). The van der Waals surface area contributed by atoms with Crippen LogP contribution in [0.15, 0.2) is 18.2 Å². The van der Waals surface area contributed by atoms with Crippen LogP contribution in [-0.4, -0.2) is 18.2 Å². The van der Waals surface area contributed by atoms with Crippen molar-refractivity contribution in [1.82, 2.24) is 0 Å². The largest absolute Gasteiger partial charge is 0.496 e. The first-order chi connectivity index (χ1) is 6.65. The molecular weight excluding hydrogens is 180 g/mol. The molecule has 14 heavy (non-hydrogen) atoms. The Bertz CT molecular complexity index is 305. The van der Waals surface area contributed by atoms with E-state index in [0.717, 1.165) is 5.56 Å². The number of carboxylic acids is 1. The van der Waals surface area contributed by atoms with Crippen molar-refractivity contribution in [1.29, 1.82) is 0 Å². The van der Waals surface area contributed by atoms with Gasteiger partial charge in [-0.25, -0.2) is 4.79 Å². The lowest BCUT2D eigenvalue weighted by molar-refractivity contribution is 0.0693. The van der Waals surface area contributed by atoms with Crippen molar-refractivity contribution >= 4 is 5.97 Å². The average Bonchev–Trinajstić information content (AvgIpc) is 2.20. The number of rotatable bonds is 2. The van der Waals surface area contributed by atoms with Gasteiger partial charge < -0.3 is 9.84 Å². The molecule has 0 aliphatic heterocycles. The van der Waals surface area contributed by atoms with E-state index < -0.39 is 5.97 Å². The summed E-state index contributed by atoms with van der Waals surface area (Å²) in [6.45, 7) is 5.84. The van der Waals surface area contributed by atoms with Crippen molar-refractivity contribution in [2.75, 3.05) is 7.11 Å². The molecule has 0 unspecified atom stereocenters. The van der Waals surface area contributed by atoms with Crippen LogP contribution in [0.3, 0.4) is 0 Å². The summed E-state index contributed by atoms with van der Waals surface area (Å²) in [5.41, 5.74) is 1.12. The van der Waals surface area contributed by atoms with Gasteiger partial charge >= 0.3 is 5.97 Å². The minimum absolute atomic E-state index is 0.206. The fourth-order valence-electron chi connectivity index (χ4n) is 0.989. The second kappa shape index (κ2) is 6.02. The fourth-order valence-corrected chi connectivity index (χ4v) is 0.989. The molecule has 0 atom stereocenters. The summed E-state index contributed by atoms with van der Waals surface area (Å²) < 4.78 is 4.88. The van der Waals surface area contributed by atoms with Gasteiger partial charge in [-0.3, -0.25) is 0 Å². The van der Waals surface area contributed by atoms with Gasteiger partial charge in [0.05, 0.1) is 7.11 Å². The molecule has 0 amide bonds. The summed E-state index contributed by atoms with van der Waals surface area (Å²) in [6.07, 6.45) is 0. The lowest BCUT2D eigenvalue weighted by atomic mass is 10.1. The highest BCUT2D eigenvalue weighted by Gasteiger charge is 2.09. The highest BCUT2D eigenvalue weighted by Crippen LogP contribution is 2.18. The summed E-state index contributed by atoms with van der Waals surface area (Å²) in [6, 6.07) is 5.05. The van der Waals surface area contributed by atoms with Crippen molar-refractivity contribution < 1.29 is 14.6 Å². The first kappa shape index (κ1) is 12.5. The number of carbonyl (C=O) groups is 1. The van der Waals surface area contributed by atoms with Gasteiger partial charge in [-0.2, -0.15) is 0 Å². The van der Waals surface area contributed by atoms with E-state index >= 15 is 0 Å². The van der Waals surface area contributed by atoms with E-state index in [2.05, 4.69) is 0 Å². The Hall–Kier alpha value is -1.51. The van der Waals surface area contributed by atoms with Crippen molar-refractivity contribution in [2.45, 2.75) is 20.8 Å². The molecule has 1 N–H and O–H groups in total. The molecule has 3 heteroatoms. The fraction of sp³-hybridized carbons (Fsp3) is 0.364. The predicted octanol–water partition coefficient (Wildman–Crippen LogP) is 2.73. The van der Waals surface area contributed by atoms with E-state index in [4.69, 9.17) is 9.84 Å². The molecule has 0 saturated carbocycles. The average molecular weight is 196 g/mol. The number of hydrogen-bond acceptors (Lipinski definition) is 2. The summed E-state index contributed by atoms with van der Waals surface area (Å²) in [7, 11) is 1.46. The first-order valence-electron chi connectivity index (χ1n) is 4.53. The van der Waals surface area contributed by atoms with E-state index in [9.17, 15) is 4.79 Å². The zero-order valence-electron chi connectivity index (χ0n) is 9.00. The van der Waals surface area contributed by atoms with Crippen molar-refractivity contribution in [3.8, 4) is 5.75 Å². The molecule has 0 aromatic heterocycles.